The summed E-state index contributed by atoms with van der Waals surface area (Å²) in [6.45, 7) is 3.35. The molecule has 0 saturated carbocycles. The Hall–Kier alpha value is -0.740. The predicted molar refractivity (Wildman–Crippen MR) is 37.5 cm³/mol. The average molecular weight is 157 g/mol. The van der Waals surface area contributed by atoms with E-state index in [1.165, 1.54) is 0 Å². The molecule has 0 aromatic rings. The number of carbonyl (C=O) groups is 2. The van der Waals surface area contributed by atoms with Crippen molar-refractivity contribution >= 4 is 11.6 Å². The number of hydrogen-bond acceptors (Lipinski definition) is 4. The van der Waals surface area contributed by atoms with Crippen LogP contribution < -0.4 is 5.48 Å². The highest BCUT2D eigenvalue weighted by atomic mass is 16.8. The van der Waals surface area contributed by atoms with Crippen molar-refractivity contribution in [1.82, 2.24) is 5.48 Å². The molecule has 1 aliphatic rings. The lowest BCUT2D eigenvalue weighted by molar-refractivity contribution is -0.132. The second-order valence-corrected chi connectivity index (χ2v) is 2.56. The quantitative estimate of drug-likeness (QED) is 0.461. The first-order valence-electron chi connectivity index (χ1n) is 3.64. The van der Waals surface area contributed by atoms with Gasteiger partial charge in [0.2, 0.25) is 6.23 Å². The topological polar surface area (TPSA) is 68.6 Å². The van der Waals surface area contributed by atoms with E-state index < -0.39 is 12.1 Å². The normalized spacial score (nSPS) is 24.4. The minimum atomic E-state index is -0.528. The van der Waals surface area contributed by atoms with Gasteiger partial charge < -0.3 is 0 Å². The predicted octanol–water partition coefficient (Wildman–Crippen LogP) is 0.0316. The van der Waals surface area contributed by atoms with Gasteiger partial charge in [-0.15, -0.1) is 0 Å². The first-order chi connectivity index (χ1) is 5.16. The molecule has 1 aliphatic heterocycles. The minimum Gasteiger partial charge on any atom is -0.299 e. The van der Waals surface area contributed by atoms with Crippen LogP contribution in [0.15, 0.2) is 0 Å². The molecule has 1 saturated heterocycles. The fourth-order valence-electron chi connectivity index (χ4n) is 0.842. The monoisotopic (exact) mass is 157 g/mol. The van der Waals surface area contributed by atoms with Crippen molar-refractivity contribution in [3.05, 3.63) is 0 Å². The zero-order chi connectivity index (χ0) is 8.43. The lowest BCUT2D eigenvalue weighted by Gasteiger charge is -2.03. The Balaban J connectivity index is 2.44. The average Bonchev–Trinajstić information content (AvgIpc) is 2.82. The molecule has 62 valence electrons. The number of hydrogen-bond donors (Lipinski definition) is 1. The van der Waals surface area contributed by atoms with E-state index in [1.54, 1.807) is 13.8 Å². The maximum atomic E-state index is 11.1. The van der Waals surface area contributed by atoms with E-state index in [4.69, 9.17) is 0 Å². The molecule has 0 amide bonds. The Morgan fingerprint density at radius 1 is 1.64 bits per heavy atom. The number of hydroxylamine groups is 1. The van der Waals surface area contributed by atoms with Gasteiger partial charge in [-0.2, -0.15) is 5.48 Å². The van der Waals surface area contributed by atoms with Gasteiger partial charge in [-0.1, -0.05) is 6.92 Å². The van der Waals surface area contributed by atoms with Crippen LogP contribution >= 0.6 is 0 Å². The minimum absolute atomic E-state index is 0.0349. The summed E-state index contributed by atoms with van der Waals surface area (Å²) in [7, 11) is 0. The first-order valence-corrected chi connectivity index (χ1v) is 3.64. The molecular weight excluding hydrogens is 146 g/mol. The summed E-state index contributed by atoms with van der Waals surface area (Å²) in [6, 6.07) is 0. The Morgan fingerprint density at radius 3 is 2.55 bits per heavy atom. The summed E-state index contributed by atoms with van der Waals surface area (Å²) < 4.78 is 0. The van der Waals surface area contributed by atoms with Gasteiger partial charge in [0.25, 0.3) is 0 Å². The molecule has 4 nitrogen and oxygen atoms in total. The molecule has 2 unspecified atom stereocenters. The van der Waals surface area contributed by atoms with Gasteiger partial charge in [0.05, 0.1) is 5.92 Å². The number of nitrogens with one attached hydrogen (secondary N) is 1. The third kappa shape index (κ3) is 1.85. The van der Waals surface area contributed by atoms with Crippen LogP contribution in [0.4, 0.5) is 0 Å². The molecule has 0 spiro atoms. The SMILES string of the molecule is CCC(=O)C(C)C(=O)C1NO1. The molecule has 1 heterocycles. The summed E-state index contributed by atoms with van der Waals surface area (Å²) in [4.78, 5) is 26.6. The van der Waals surface area contributed by atoms with Gasteiger partial charge in [0.1, 0.15) is 5.78 Å². The molecule has 1 N–H and O–H groups in total. The van der Waals surface area contributed by atoms with Crippen molar-refractivity contribution in [3.63, 3.8) is 0 Å². The summed E-state index contributed by atoms with van der Waals surface area (Å²) in [6.07, 6.45) is -0.125. The van der Waals surface area contributed by atoms with E-state index in [0.717, 1.165) is 0 Å². The zero-order valence-corrected chi connectivity index (χ0v) is 6.59. The van der Waals surface area contributed by atoms with Crippen LogP contribution in [0.1, 0.15) is 20.3 Å². The molecule has 0 bridgehead atoms. The van der Waals surface area contributed by atoms with Crippen molar-refractivity contribution < 1.29 is 14.4 Å². The summed E-state index contributed by atoms with van der Waals surface area (Å²) in [5.74, 6) is -0.732. The number of rotatable bonds is 4. The van der Waals surface area contributed by atoms with E-state index in [0.29, 0.717) is 6.42 Å². The second-order valence-electron chi connectivity index (χ2n) is 2.56. The standard InChI is InChI=1S/C7H11NO3/c1-3-5(9)4(2)6(10)7-8-11-7/h4,7-8H,3H2,1-2H3. The molecule has 4 heteroatoms. The first kappa shape index (κ1) is 8.36. The van der Waals surface area contributed by atoms with Crippen LogP contribution in [0.3, 0.4) is 0 Å². The van der Waals surface area contributed by atoms with Crippen molar-refractivity contribution in [3.8, 4) is 0 Å². The molecule has 0 radical (unpaired) electrons. The Morgan fingerprint density at radius 2 is 2.18 bits per heavy atom. The van der Waals surface area contributed by atoms with Crippen molar-refractivity contribution in [2.75, 3.05) is 0 Å². The van der Waals surface area contributed by atoms with E-state index in [2.05, 4.69) is 10.3 Å². The van der Waals surface area contributed by atoms with E-state index in [9.17, 15) is 9.59 Å². The third-order valence-electron chi connectivity index (χ3n) is 1.75. The smallest absolute Gasteiger partial charge is 0.210 e. The summed E-state index contributed by atoms with van der Waals surface area (Å²) >= 11 is 0. The highest BCUT2D eigenvalue weighted by molar-refractivity contribution is 6.04. The van der Waals surface area contributed by atoms with E-state index in [1.807, 2.05) is 0 Å². The van der Waals surface area contributed by atoms with Gasteiger partial charge in [-0.05, 0) is 6.92 Å². The van der Waals surface area contributed by atoms with Gasteiger partial charge in [0.15, 0.2) is 5.78 Å². The summed E-state index contributed by atoms with van der Waals surface area (Å²) in [5, 5.41) is 0. The van der Waals surface area contributed by atoms with Crippen LogP contribution in [-0.2, 0) is 14.4 Å². The largest absolute Gasteiger partial charge is 0.299 e. The van der Waals surface area contributed by atoms with Crippen LogP contribution in [0.2, 0.25) is 0 Å². The van der Waals surface area contributed by atoms with Crippen LogP contribution in [0.5, 0.6) is 0 Å². The molecular formula is C7H11NO3. The number of Topliss-reactive ketones (excluding diaryl/α,β-unsaturated/α-hetero) is 2. The molecule has 1 rings (SSSR count). The summed E-state index contributed by atoms with van der Waals surface area (Å²) in [5.41, 5.74) is 2.39. The third-order valence-corrected chi connectivity index (χ3v) is 1.75. The van der Waals surface area contributed by atoms with Crippen molar-refractivity contribution in [1.29, 1.82) is 0 Å². The Kier molecular flexibility index (Phi) is 2.36. The highest BCUT2D eigenvalue weighted by Crippen LogP contribution is 2.11. The lowest BCUT2D eigenvalue weighted by Crippen LogP contribution is -2.25. The second kappa shape index (κ2) is 3.11. The van der Waals surface area contributed by atoms with Crippen LogP contribution in [0, 0.1) is 5.92 Å². The molecule has 1 fully saturated rings. The maximum absolute atomic E-state index is 11.1. The molecule has 11 heavy (non-hydrogen) atoms. The number of carbonyl (C=O) groups excluding carboxylic acids is 2. The fraction of sp³-hybridized carbons (Fsp3) is 0.714. The van der Waals surface area contributed by atoms with Crippen molar-refractivity contribution in [2.24, 2.45) is 5.92 Å². The van der Waals surface area contributed by atoms with Crippen LogP contribution in [0.25, 0.3) is 0 Å². The van der Waals surface area contributed by atoms with Gasteiger partial charge in [-0.25, -0.2) is 0 Å². The molecule has 0 aliphatic carbocycles. The molecule has 0 aromatic carbocycles. The number of ketones is 2. The maximum Gasteiger partial charge on any atom is 0.210 e. The van der Waals surface area contributed by atoms with Crippen LogP contribution in [-0.4, -0.2) is 17.8 Å². The van der Waals surface area contributed by atoms with Crippen molar-refractivity contribution in [2.45, 2.75) is 26.5 Å². The Labute approximate surface area is 64.9 Å². The Bertz CT molecular complexity index is 186. The van der Waals surface area contributed by atoms with E-state index in [-0.39, 0.29) is 11.6 Å². The van der Waals surface area contributed by atoms with Gasteiger partial charge >= 0.3 is 0 Å². The van der Waals surface area contributed by atoms with E-state index >= 15 is 0 Å². The molecule has 0 aromatic heterocycles. The molecule has 2 atom stereocenters. The zero-order valence-electron chi connectivity index (χ0n) is 6.59. The fourth-order valence-corrected chi connectivity index (χ4v) is 0.842. The van der Waals surface area contributed by atoms with Gasteiger partial charge in [-0.3, -0.25) is 14.4 Å². The highest BCUT2D eigenvalue weighted by Gasteiger charge is 2.36. The van der Waals surface area contributed by atoms with Gasteiger partial charge in [0, 0.05) is 6.42 Å². The lowest BCUT2D eigenvalue weighted by atomic mass is 9.99.